The number of nitrogens with two attached hydrogens (primary N) is 1. The fourth-order valence-corrected chi connectivity index (χ4v) is 2.19. The fraction of sp³-hybridized carbons (Fsp3) is 0.385. The Labute approximate surface area is 106 Å². The van der Waals surface area contributed by atoms with E-state index in [1.165, 1.54) is 11.1 Å². The van der Waals surface area contributed by atoms with Crippen LogP contribution < -0.4 is 16.4 Å². The highest BCUT2D eigenvalue weighted by atomic mass is 16.2. The van der Waals surface area contributed by atoms with E-state index in [4.69, 9.17) is 5.73 Å². The third-order valence-electron chi connectivity index (χ3n) is 3.27. The number of rotatable bonds is 4. The van der Waals surface area contributed by atoms with E-state index in [0.29, 0.717) is 5.92 Å². The van der Waals surface area contributed by atoms with Crippen LogP contribution in [0.1, 0.15) is 24.0 Å². The second-order valence-electron chi connectivity index (χ2n) is 4.58. The number of primary amides is 1. The Morgan fingerprint density at radius 2 is 2.17 bits per heavy atom. The van der Waals surface area contributed by atoms with Crippen LogP contribution in [0, 0.1) is 0 Å². The van der Waals surface area contributed by atoms with Crippen molar-refractivity contribution in [1.29, 1.82) is 0 Å². The van der Waals surface area contributed by atoms with Crippen molar-refractivity contribution >= 4 is 11.9 Å². The monoisotopic (exact) mass is 247 g/mol. The second-order valence-corrected chi connectivity index (χ2v) is 4.58. The van der Waals surface area contributed by atoms with E-state index in [1.54, 1.807) is 6.92 Å². The molecule has 2 unspecified atom stereocenters. The summed E-state index contributed by atoms with van der Waals surface area (Å²) in [5.41, 5.74) is 7.60. The van der Waals surface area contributed by atoms with Crippen molar-refractivity contribution in [2.24, 2.45) is 5.73 Å². The molecule has 5 nitrogen and oxygen atoms in total. The van der Waals surface area contributed by atoms with Crippen LogP contribution in [-0.4, -0.2) is 24.5 Å². The van der Waals surface area contributed by atoms with Crippen molar-refractivity contribution in [3.63, 3.8) is 0 Å². The van der Waals surface area contributed by atoms with Gasteiger partial charge in [0.2, 0.25) is 5.91 Å². The predicted molar refractivity (Wildman–Crippen MR) is 68.1 cm³/mol. The third-order valence-corrected chi connectivity index (χ3v) is 3.27. The predicted octanol–water partition coefficient (Wildman–Crippen LogP) is 0.499. The van der Waals surface area contributed by atoms with Gasteiger partial charge in [-0.3, -0.25) is 10.1 Å². The number of nitrogens with one attached hydrogen (secondary N) is 2. The summed E-state index contributed by atoms with van der Waals surface area (Å²) in [7, 11) is 0. The molecule has 2 rings (SSSR count). The molecule has 0 aliphatic heterocycles. The summed E-state index contributed by atoms with van der Waals surface area (Å²) in [5.74, 6) is 0.0557. The van der Waals surface area contributed by atoms with Crippen molar-refractivity contribution in [2.45, 2.75) is 25.3 Å². The van der Waals surface area contributed by atoms with E-state index >= 15 is 0 Å². The van der Waals surface area contributed by atoms with Crippen LogP contribution in [0.4, 0.5) is 4.79 Å². The Morgan fingerprint density at radius 1 is 1.44 bits per heavy atom. The van der Waals surface area contributed by atoms with Crippen LogP contribution >= 0.6 is 0 Å². The lowest BCUT2D eigenvalue weighted by molar-refractivity contribution is -0.121. The van der Waals surface area contributed by atoms with Crippen LogP contribution in [-0.2, 0) is 11.2 Å². The molecule has 1 aromatic rings. The van der Waals surface area contributed by atoms with Gasteiger partial charge >= 0.3 is 6.03 Å². The summed E-state index contributed by atoms with van der Waals surface area (Å²) in [6.07, 6.45) is 1.04. The maximum absolute atomic E-state index is 11.4. The first-order valence-corrected chi connectivity index (χ1v) is 5.99. The normalized spacial score (nSPS) is 18.4. The zero-order valence-electron chi connectivity index (χ0n) is 10.3. The molecule has 0 spiro atoms. The van der Waals surface area contributed by atoms with E-state index in [9.17, 15) is 9.59 Å². The van der Waals surface area contributed by atoms with Crippen molar-refractivity contribution in [3.8, 4) is 0 Å². The highest BCUT2D eigenvalue weighted by Gasteiger charge is 2.26. The lowest BCUT2D eigenvalue weighted by atomic mass is 9.77. The van der Waals surface area contributed by atoms with E-state index < -0.39 is 18.0 Å². The van der Waals surface area contributed by atoms with Gasteiger partial charge in [-0.1, -0.05) is 24.3 Å². The molecular formula is C13H17N3O2. The first kappa shape index (κ1) is 12.6. The average molecular weight is 247 g/mol. The maximum atomic E-state index is 11.4. The molecule has 1 aliphatic rings. The third kappa shape index (κ3) is 2.68. The number of carbonyl (C=O) groups is 2. The van der Waals surface area contributed by atoms with E-state index in [0.717, 1.165) is 13.0 Å². The molecule has 1 aliphatic carbocycles. The molecule has 0 saturated heterocycles. The van der Waals surface area contributed by atoms with E-state index in [1.807, 2.05) is 12.1 Å². The van der Waals surface area contributed by atoms with Gasteiger partial charge < -0.3 is 11.1 Å². The van der Waals surface area contributed by atoms with Gasteiger partial charge in [0.1, 0.15) is 0 Å². The number of carbonyl (C=O) groups excluding carboxylic acids is 2. The lowest BCUT2D eigenvalue weighted by Gasteiger charge is -2.31. The Morgan fingerprint density at radius 3 is 2.83 bits per heavy atom. The second kappa shape index (κ2) is 5.18. The number of hydrogen-bond acceptors (Lipinski definition) is 3. The summed E-state index contributed by atoms with van der Waals surface area (Å²) in [5, 5.41) is 5.17. The SMILES string of the molecule is CC(NCC1Cc2ccccc21)C(=O)NC(N)=O. The van der Waals surface area contributed by atoms with Crippen molar-refractivity contribution in [3.05, 3.63) is 35.4 Å². The van der Waals surface area contributed by atoms with Gasteiger partial charge in [0.25, 0.3) is 0 Å². The fourth-order valence-electron chi connectivity index (χ4n) is 2.19. The molecule has 96 valence electrons. The average Bonchev–Trinajstić information content (AvgIpc) is 2.29. The number of fused-ring (bicyclic) bond motifs is 1. The van der Waals surface area contributed by atoms with Crippen molar-refractivity contribution < 1.29 is 9.59 Å². The molecule has 5 heteroatoms. The molecule has 2 atom stereocenters. The molecule has 0 fully saturated rings. The summed E-state index contributed by atoms with van der Waals surface area (Å²) < 4.78 is 0. The number of amides is 3. The van der Waals surface area contributed by atoms with Gasteiger partial charge in [-0.25, -0.2) is 4.79 Å². The highest BCUT2D eigenvalue weighted by molar-refractivity contribution is 5.96. The first-order chi connectivity index (χ1) is 8.58. The standard InChI is InChI=1S/C13H17N3O2/c1-8(12(17)16-13(14)18)15-7-10-6-9-4-2-3-5-11(9)10/h2-5,8,10,15H,6-7H2,1H3,(H3,14,16,17,18). The van der Waals surface area contributed by atoms with Gasteiger partial charge in [0, 0.05) is 12.5 Å². The van der Waals surface area contributed by atoms with Crippen LogP contribution in [0.15, 0.2) is 24.3 Å². The molecule has 4 N–H and O–H groups in total. The summed E-state index contributed by atoms with van der Waals surface area (Å²) in [6.45, 7) is 2.44. The van der Waals surface area contributed by atoms with E-state index in [-0.39, 0.29) is 0 Å². The molecule has 0 saturated carbocycles. The molecule has 18 heavy (non-hydrogen) atoms. The van der Waals surface area contributed by atoms with E-state index in [2.05, 4.69) is 22.8 Å². The van der Waals surface area contributed by atoms with Gasteiger partial charge in [-0.2, -0.15) is 0 Å². The van der Waals surface area contributed by atoms with Gasteiger partial charge in [0.05, 0.1) is 6.04 Å². The topological polar surface area (TPSA) is 84.2 Å². The van der Waals surface area contributed by atoms with Crippen LogP contribution in [0.25, 0.3) is 0 Å². The van der Waals surface area contributed by atoms with Crippen molar-refractivity contribution in [2.75, 3.05) is 6.54 Å². The molecular weight excluding hydrogens is 230 g/mol. The first-order valence-electron chi connectivity index (χ1n) is 5.99. The molecule has 0 aromatic heterocycles. The number of hydrogen-bond donors (Lipinski definition) is 3. The van der Waals surface area contributed by atoms with Crippen molar-refractivity contribution in [1.82, 2.24) is 10.6 Å². The molecule has 0 radical (unpaired) electrons. The summed E-state index contributed by atoms with van der Waals surface area (Å²) in [6, 6.07) is 7.04. The molecule has 0 heterocycles. The quantitative estimate of drug-likeness (QED) is 0.724. The largest absolute Gasteiger partial charge is 0.351 e. The summed E-state index contributed by atoms with van der Waals surface area (Å²) in [4.78, 5) is 22.0. The molecule has 3 amide bonds. The van der Waals surface area contributed by atoms with Crippen LogP contribution in [0.2, 0.25) is 0 Å². The minimum Gasteiger partial charge on any atom is -0.351 e. The minimum atomic E-state index is -0.817. The van der Waals surface area contributed by atoms with Gasteiger partial charge in [0.15, 0.2) is 0 Å². The number of imide groups is 1. The smallest absolute Gasteiger partial charge is 0.318 e. The number of urea groups is 1. The molecule has 0 bridgehead atoms. The minimum absolute atomic E-state index is 0.393. The summed E-state index contributed by atoms with van der Waals surface area (Å²) >= 11 is 0. The van der Waals surface area contributed by atoms with Gasteiger partial charge in [-0.05, 0) is 24.5 Å². The Kier molecular flexibility index (Phi) is 3.62. The van der Waals surface area contributed by atoms with Crippen LogP contribution in [0.5, 0.6) is 0 Å². The molecule has 1 aromatic carbocycles. The highest BCUT2D eigenvalue weighted by Crippen LogP contribution is 2.33. The Balaban J connectivity index is 1.80. The zero-order chi connectivity index (χ0) is 13.1. The number of benzene rings is 1. The lowest BCUT2D eigenvalue weighted by Crippen LogP contribution is -2.47. The van der Waals surface area contributed by atoms with Gasteiger partial charge in [-0.15, -0.1) is 0 Å². The Hall–Kier alpha value is -1.88. The zero-order valence-corrected chi connectivity index (χ0v) is 10.3. The Bertz CT molecular complexity index is 473. The maximum Gasteiger partial charge on any atom is 0.318 e. The van der Waals surface area contributed by atoms with Crippen LogP contribution in [0.3, 0.4) is 0 Å².